The van der Waals surface area contributed by atoms with Crippen LogP contribution < -0.4 is 5.32 Å². The fourth-order valence-corrected chi connectivity index (χ4v) is 2.05. The SMILES string of the molecule is CSCCCC(CO)NCc1ccccc1. The third-order valence-corrected chi connectivity index (χ3v) is 3.26. The Hall–Kier alpha value is -0.510. The average molecular weight is 239 g/mol. The Morgan fingerprint density at radius 2 is 2.06 bits per heavy atom. The summed E-state index contributed by atoms with van der Waals surface area (Å²) in [5, 5.41) is 12.6. The fraction of sp³-hybridized carbons (Fsp3) is 0.538. The van der Waals surface area contributed by atoms with Crippen LogP contribution >= 0.6 is 11.8 Å². The maximum atomic E-state index is 9.23. The van der Waals surface area contributed by atoms with Crippen LogP contribution in [0.1, 0.15) is 18.4 Å². The molecule has 0 heterocycles. The molecule has 0 amide bonds. The van der Waals surface area contributed by atoms with Crippen molar-refractivity contribution in [3.63, 3.8) is 0 Å². The molecular formula is C13H21NOS. The highest BCUT2D eigenvalue weighted by Gasteiger charge is 2.05. The van der Waals surface area contributed by atoms with E-state index in [1.165, 1.54) is 11.3 Å². The third-order valence-electron chi connectivity index (χ3n) is 2.56. The molecule has 0 saturated heterocycles. The van der Waals surface area contributed by atoms with Crippen molar-refractivity contribution in [2.45, 2.75) is 25.4 Å². The van der Waals surface area contributed by atoms with Crippen LogP contribution in [0.15, 0.2) is 30.3 Å². The summed E-state index contributed by atoms with van der Waals surface area (Å²) >= 11 is 1.86. The lowest BCUT2D eigenvalue weighted by molar-refractivity contribution is 0.234. The molecule has 0 aliphatic rings. The lowest BCUT2D eigenvalue weighted by Crippen LogP contribution is -2.32. The first kappa shape index (κ1) is 13.6. The minimum absolute atomic E-state index is 0.223. The largest absolute Gasteiger partial charge is 0.395 e. The number of benzene rings is 1. The third kappa shape index (κ3) is 5.54. The fourth-order valence-electron chi connectivity index (χ4n) is 1.59. The van der Waals surface area contributed by atoms with E-state index in [-0.39, 0.29) is 12.6 Å². The molecule has 1 rings (SSSR count). The molecule has 3 heteroatoms. The maximum absolute atomic E-state index is 9.23. The molecule has 0 fully saturated rings. The summed E-state index contributed by atoms with van der Waals surface area (Å²) in [6, 6.07) is 10.5. The molecular weight excluding hydrogens is 218 g/mol. The number of hydrogen-bond donors (Lipinski definition) is 2. The van der Waals surface area contributed by atoms with Gasteiger partial charge in [-0.05, 0) is 30.4 Å². The molecule has 0 aliphatic heterocycles. The Bertz CT molecular complexity index is 266. The van der Waals surface area contributed by atoms with Crippen LogP contribution in [0.2, 0.25) is 0 Å². The van der Waals surface area contributed by atoms with Gasteiger partial charge in [0.25, 0.3) is 0 Å². The number of hydrogen-bond acceptors (Lipinski definition) is 3. The molecule has 0 spiro atoms. The molecule has 1 aromatic carbocycles. The zero-order chi connectivity index (χ0) is 11.6. The molecule has 2 N–H and O–H groups in total. The first-order valence-electron chi connectivity index (χ1n) is 5.74. The molecule has 0 bridgehead atoms. The Labute approximate surface area is 102 Å². The van der Waals surface area contributed by atoms with E-state index < -0.39 is 0 Å². The monoisotopic (exact) mass is 239 g/mol. The number of nitrogens with one attached hydrogen (secondary N) is 1. The highest BCUT2D eigenvalue weighted by molar-refractivity contribution is 7.98. The Kier molecular flexibility index (Phi) is 7.30. The lowest BCUT2D eigenvalue weighted by atomic mass is 10.1. The molecule has 2 nitrogen and oxygen atoms in total. The van der Waals surface area contributed by atoms with Crippen LogP contribution in [0.4, 0.5) is 0 Å². The number of aliphatic hydroxyl groups is 1. The van der Waals surface area contributed by atoms with Gasteiger partial charge in [0.05, 0.1) is 6.61 Å². The number of aliphatic hydroxyl groups excluding tert-OH is 1. The molecule has 0 radical (unpaired) electrons. The summed E-state index contributed by atoms with van der Waals surface area (Å²) in [6.45, 7) is 1.06. The van der Waals surface area contributed by atoms with Crippen LogP contribution in [0.5, 0.6) is 0 Å². The average Bonchev–Trinajstić information content (AvgIpc) is 2.35. The lowest BCUT2D eigenvalue weighted by Gasteiger charge is -2.15. The molecule has 1 unspecified atom stereocenters. The second-order valence-corrected chi connectivity index (χ2v) is 4.87. The van der Waals surface area contributed by atoms with Crippen molar-refractivity contribution in [2.24, 2.45) is 0 Å². The number of thioether (sulfide) groups is 1. The van der Waals surface area contributed by atoms with Gasteiger partial charge in [-0.2, -0.15) is 11.8 Å². The van der Waals surface area contributed by atoms with Gasteiger partial charge >= 0.3 is 0 Å². The molecule has 1 atom stereocenters. The second kappa shape index (κ2) is 8.62. The molecule has 0 aromatic heterocycles. The van der Waals surface area contributed by atoms with Gasteiger partial charge in [0.2, 0.25) is 0 Å². The van der Waals surface area contributed by atoms with Gasteiger partial charge in [0, 0.05) is 12.6 Å². The molecule has 0 aliphatic carbocycles. The van der Waals surface area contributed by atoms with E-state index in [1.807, 2.05) is 30.0 Å². The smallest absolute Gasteiger partial charge is 0.0584 e. The minimum atomic E-state index is 0.223. The number of rotatable bonds is 8. The van der Waals surface area contributed by atoms with Gasteiger partial charge in [0.1, 0.15) is 0 Å². The summed E-state index contributed by atoms with van der Waals surface area (Å²) < 4.78 is 0. The van der Waals surface area contributed by atoms with Gasteiger partial charge in [-0.1, -0.05) is 30.3 Å². The van der Waals surface area contributed by atoms with Gasteiger partial charge in [-0.25, -0.2) is 0 Å². The summed E-state index contributed by atoms with van der Waals surface area (Å²) in [5.41, 5.74) is 1.27. The molecule has 16 heavy (non-hydrogen) atoms. The van der Waals surface area contributed by atoms with Gasteiger partial charge in [0.15, 0.2) is 0 Å². The van der Waals surface area contributed by atoms with Crippen LogP contribution in [-0.4, -0.2) is 29.8 Å². The van der Waals surface area contributed by atoms with Crippen molar-refractivity contribution in [2.75, 3.05) is 18.6 Å². The summed E-state index contributed by atoms with van der Waals surface area (Å²) in [7, 11) is 0. The summed E-state index contributed by atoms with van der Waals surface area (Å²) in [5.74, 6) is 1.17. The van der Waals surface area contributed by atoms with Gasteiger partial charge < -0.3 is 10.4 Å². The standard InChI is InChI=1S/C13H21NOS/c1-16-9-5-8-13(11-15)14-10-12-6-3-2-4-7-12/h2-4,6-7,13-15H,5,8-11H2,1H3. The van der Waals surface area contributed by atoms with E-state index in [0.29, 0.717) is 0 Å². The first-order valence-corrected chi connectivity index (χ1v) is 7.13. The normalized spacial score (nSPS) is 12.6. The van der Waals surface area contributed by atoms with Crippen LogP contribution in [0, 0.1) is 0 Å². The quantitative estimate of drug-likeness (QED) is 0.683. The predicted octanol–water partition coefficient (Wildman–Crippen LogP) is 2.28. The Balaban J connectivity index is 2.23. The molecule has 1 aromatic rings. The summed E-state index contributed by atoms with van der Waals surface area (Å²) in [6.07, 6.45) is 4.32. The predicted molar refractivity (Wildman–Crippen MR) is 71.8 cm³/mol. The van der Waals surface area contributed by atoms with E-state index in [4.69, 9.17) is 0 Å². The van der Waals surface area contributed by atoms with Crippen molar-refractivity contribution in [3.8, 4) is 0 Å². The van der Waals surface area contributed by atoms with Crippen molar-refractivity contribution in [1.82, 2.24) is 5.32 Å². The first-order chi connectivity index (χ1) is 7.86. The van der Waals surface area contributed by atoms with Crippen LogP contribution in [0.25, 0.3) is 0 Å². The topological polar surface area (TPSA) is 32.3 Å². The van der Waals surface area contributed by atoms with Crippen molar-refractivity contribution < 1.29 is 5.11 Å². The van der Waals surface area contributed by atoms with Crippen molar-refractivity contribution >= 4 is 11.8 Å². The second-order valence-electron chi connectivity index (χ2n) is 3.88. The van der Waals surface area contributed by atoms with E-state index in [9.17, 15) is 5.11 Å². The van der Waals surface area contributed by atoms with Gasteiger partial charge in [-0.15, -0.1) is 0 Å². The Morgan fingerprint density at radius 3 is 2.69 bits per heavy atom. The van der Waals surface area contributed by atoms with E-state index in [1.54, 1.807) is 0 Å². The van der Waals surface area contributed by atoms with E-state index >= 15 is 0 Å². The van der Waals surface area contributed by atoms with Gasteiger partial charge in [-0.3, -0.25) is 0 Å². The molecule has 0 saturated carbocycles. The zero-order valence-corrected chi connectivity index (χ0v) is 10.7. The van der Waals surface area contributed by atoms with Crippen molar-refractivity contribution in [3.05, 3.63) is 35.9 Å². The summed E-state index contributed by atoms with van der Waals surface area (Å²) in [4.78, 5) is 0. The highest BCUT2D eigenvalue weighted by atomic mass is 32.2. The zero-order valence-electron chi connectivity index (χ0n) is 9.86. The Morgan fingerprint density at radius 1 is 1.31 bits per heavy atom. The van der Waals surface area contributed by atoms with E-state index in [0.717, 1.165) is 19.4 Å². The maximum Gasteiger partial charge on any atom is 0.0584 e. The molecule has 90 valence electrons. The highest BCUT2D eigenvalue weighted by Crippen LogP contribution is 2.04. The van der Waals surface area contributed by atoms with E-state index in [2.05, 4.69) is 23.7 Å². The minimum Gasteiger partial charge on any atom is -0.395 e. The van der Waals surface area contributed by atoms with Crippen LogP contribution in [0.3, 0.4) is 0 Å². The van der Waals surface area contributed by atoms with Crippen molar-refractivity contribution in [1.29, 1.82) is 0 Å². The van der Waals surface area contributed by atoms with Crippen LogP contribution in [-0.2, 0) is 6.54 Å².